The summed E-state index contributed by atoms with van der Waals surface area (Å²) in [7, 11) is 0. The van der Waals surface area contributed by atoms with Crippen LogP contribution in [0.15, 0.2) is 0 Å². The maximum Gasteiger partial charge on any atom is 0 e. The van der Waals surface area contributed by atoms with Crippen LogP contribution in [-0.4, -0.2) is 5.75 Å². The van der Waals surface area contributed by atoms with E-state index in [9.17, 15) is 0 Å². The van der Waals surface area contributed by atoms with Crippen LogP contribution in [0, 0.1) is 6.92 Å². The van der Waals surface area contributed by atoms with Crippen molar-refractivity contribution < 1.29 is 32.7 Å². The number of hydrogen-bond acceptors (Lipinski definition) is 1. The Kier molecular flexibility index (Phi) is 83.2. The number of rotatable bonds is 0. The zero-order valence-corrected chi connectivity index (χ0v) is 8.05. The van der Waals surface area contributed by atoms with E-state index in [1.165, 1.54) is 0 Å². The summed E-state index contributed by atoms with van der Waals surface area (Å²) >= 11 is 4.39. The minimum absolute atomic E-state index is 0. The molecule has 0 bridgehead atoms. The van der Waals surface area contributed by atoms with Gasteiger partial charge in [0.2, 0.25) is 0 Å². The largest absolute Gasteiger partial charge is 0.793 e. The zero-order valence-electron chi connectivity index (χ0n) is 4.40. The summed E-state index contributed by atoms with van der Waals surface area (Å²) in [6.45, 7) is 6.94. The van der Waals surface area contributed by atoms with Gasteiger partial charge in [-0.2, -0.15) is 12.7 Å². The molecular weight excluding hydrogens is 169 g/mol. The fourth-order valence-corrected chi connectivity index (χ4v) is 0. The van der Waals surface area contributed by atoms with Gasteiger partial charge < -0.3 is 19.6 Å². The molecule has 0 nitrogen and oxygen atoms in total. The van der Waals surface area contributed by atoms with Gasteiger partial charge in [-0.15, -0.1) is 0 Å². The second kappa shape index (κ2) is 31.9. The summed E-state index contributed by atoms with van der Waals surface area (Å²) in [4.78, 5) is 0. The van der Waals surface area contributed by atoms with Gasteiger partial charge in [-0.05, 0) is 0 Å². The van der Waals surface area contributed by atoms with Gasteiger partial charge in [0, 0.05) is 32.7 Å². The first kappa shape index (κ1) is 15.7. The maximum absolute atomic E-state index is 4.39. The molecule has 0 aliphatic rings. The van der Waals surface area contributed by atoms with Gasteiger partial charge in [0.1, 0.15) is 0 Å². The first-order chi connectivity index (χ1) is 2.41. The number of hydrogen-bond donors (Lipinski definition) is 0. The summed E-state index contributed by atoms with van der Waals surface area (Å²) in [6, 6.07) is 0. The molecule has 6 heavy (non-hydrogen) atoms. The molecule has 0 rings (SSSR count). The third kappa shape index (κ3) is 51.2. The molecule has 0 aromatic heterocycles. The Morgan fingerprint density at radius 1 is 1.50 bits per heavy atom. The van der Waals surface area contributed by atoms with E-state index < -0.39 is 0 Å². The van der Waals surface area contributed by atoms with Crippen LogP contribution in [-0.2, 0) is 45.3 Å². The van der Waals surface area contributed by atoms with Crippen LogP contribution in [0.2, 0.25) is 0 Å². The molecule has 37 valence electrons. The van der Waals surface area contributed by atoms with Crippen molar-refractivity contribution in [2.75, 3.05) is 5.75 Å². The van der Waals surface area contributed by atoms with Gasteiger partial charge in [-0.3, -0.25) is 0 Å². The molecule has 0 unspecified atom stereocenters. The van der Waals surface area contributed by atoms with Crippen molar-refractivity contribution in [2.45, 2.75) is 13.8 Å². The fraction of sp³-hybridized carbons (Fsp3) is 0.750. The molecular formula is C4H10SY-2. The summed E-state index contributed by atoms with van der Waals surface area (Å²) in [5, 5.41) is 0. The molecule has 0 atom stereocenters. The molecule has 0 saturated carbocycles. The van der Waals surface area contributed by atoms with Crippen LogP contribution in [0.3, 0.4) is 0 Å². The van der Waals surface area contributed by atoms with E-state index in [0.29, 0.717) is 0 Å². The Morgan fingerprint density at radius 2 is 1.50 bits per heavy atom. The molecule has 0 saturated heterocycles. The second-order valence-corrected chi connectivity index (χ2v) is 0.866. The van der Waals surface area contributed by atoms with Crippen LogP contribution in [0.4, 0.5) is 0 Å². The van der Waals surface area contributed by atoms with E-state index >= 15 is 0 Å². The van der Waals surface area contributed by atoms with Crippen molar-refractivity contribution in [2.24, 2.45) is 0 Å². The van der Waals surface area contributed by atoms with Gasteiger partial charge in [0.15, 0.2) is 0 Å². The molecule has 0 aliphatic carbocycles. The van der Waals surface area contributed by atoms with Crippen LogP contribution >= 0.6 is 0 Å². The van der Waals surface area contributed by atoms with Crippen LogP contribution in [0.1, 0.15) is 13.8 Å². The van der Waals surface area contributed by atoms with Gasteiger partial charge in [0.25, 0.3) is 0 Å². The summed E-state index contributed by atoms with van der Waals surface area (Å²) in [5.41, 5.74) is 0. The van der Waals surface area contributed by atoms with Crippen LogP contribution < -0.4 is 0 Å². The topological polar surface area (TPSA) is 0 Å². The standard InChI is InChI=1S/C2H6S.C2H5.Y/c1-2-3;1-2;/h3H,2H2,1H3;1H2,2H3;/q;-1;/p-1. The van der Waals surface area contributed by atoms with E-state index in [0.717, 1.165) is 5.75 Å². The molecule has 0 aliphatic heterocycles. The minimum Gasteiger partial charge on any atom is -0.793 e. The van der Waals surface area contributed by atoms with Crippen LogP contribution in [0.5, 0.6) is 0 Å². The fourth-order valence-electron chi connectivity index (χ4n) is 0. The van der Waals surface area contributed by atoms with Gasteiger partial charge in [-0.1, -0.05) is 6.92 Å². The molecule has 0 heterocycles. The van der Waals surface area contributed by atoms with E-state index in [-0.39, 0.29) is 32.7 Å². The zero-order chi connectivity index (χ0) is 4.71. The predicted molar refractivity (Wildman–Crippen MR) is 28.9 cm³/mol. The van der Waals surface area contributed by atoms with Gasteiger partial charge in [0.05, 0.1) is 0 Å². The second-order valence-electron chi connectivity index (χ2n) is 0.289. The third-order valence-electron chi connectivity index (χ3n) is 0. The van der Waals surface area contributed by atoms with E-state index in [1.807, 2.05) is 6.92 Å². The Morgan fingerprint density at radius 3 is 1.50 bits per heavy atom. The van der Waals surface area contributed by atoms with Crippen molar-refractivity contribution in [3.8, 4) is 0 Å². The average Bonchev–Trinajstić information content (AvgIpc) is 1.46. The van der Waals surface area contributed by atoms with E-state index in [4.69, 9.17) is 0 Å². The molecule has 0 N–H and O–H groups in total. The quantitative estimate of drug-likeness (QED) is 0.400. The minimum atomic E-state index is 0. The molecule has 0 fully saturated rings. The average molecular weight is 179 g/mol. The first-order valence-electron chi connectivity index (χ1n) is 1.70. The third-order valence-corrected chi connectivity index (χ3v) is 0. The summed E-state index contributed by atoms with van der Waals surface area (Å²) < 4.78 is 0. The predicted octanol–water partition coefficient (Wildman–Crippen LogP) is 1.39. The Labute approximate surface area is 71.4 Å². The van der Waals surface area contributed by atoms with Gasteiger partial charge in [-0.25, -0.2) is 0 Å². The molecule has 2 heteroatoms. The molecule has 1 radical (unpaired) electrons. The van der Waals surface area contributed by atoms with Gasteiger partial charge >= 0.3 is 0 Å². The van der Waals surface area contributed by atoms with Crippen LogP contribution in [0.25, 0.3) is 0 Å². The SMILES string of the molecule is CC[S-].[CH2-]C.[Y]. The van der Waals surface area contributed by atoms with E-state index in [1.54, 1.807) is 6.92 Å². The molecule has 0 amide bonds. The molecule has 0 spiro atoms. The van der Waals surface area contributed by atoms with Crippen molar-refractivity contribution in [3.63, 3.8) is 0 Å². The van der Waals surface area contributed by atoms with E-state index in [2.05, 4.69) is 19.6 Å². The van der Waals surface area contributed by atoms with Crippen molar-refractivity contribution in [3.05, 3.63) is 6.92 Å². The monoisotopic (exact) mass is 179 g/mol. The first-order valence-corrected chi connectivity index (χ1v) is 2.28. The normalized spacial score (nSPS) is 4.00. The van der Waals surface area contributed by atoms with Crippen molar-refractivity contribution >= 4 is 12.6 Å². The maximum atomic E-state index is 4.39. The van der Waals surface area contributed by atoms with Crippen molar-refractivity contribution in [1.29, 1.82) is 0 Å². The smallest absolute Gasteiger partial charge is 0 e. The Balaban J connectivity index is -0.0000000275. The Hall–Kier alpha value is 1.45. The Bertz CT molecular complexity index is 7.51. The molecule has 0 aromatic carbocycles. The van der Waals surface area contributed by atoms with Crippen molar-refractivity contribution in [1.82, 2.24) is 0 Å². The summed E-state index contributed by atoms with van der Waals surface area (Å²) in [6.07, 6.45) is 0. The molecule has 0 aromatic rings. The summed E-state index contributed by atoms with van der Waals surface area (Å²) in [5.74, 6) is 0.833.